The van der Waals surface area contributed by atoms with Crippen molar-refractivity contribution < 1.29 is 0 Å². The topological polar surface area (TPSA) is 63.9 Å². The van der Waals surface area contributed by atoms with Gasteiger partial charge in [0.1, 0.15) is 17.0 Å². The van der Waals surface area contributed by atoms with E-state index in [-0.39, 0.29) is 5.56 Å². The second kappa shape index (κ2) is 5.37. The molecule has 4 heterocycles. The number of fused-ring (bicyclic) bond motifs is 2. The molecule has 122 valence electrons. The number of rotatable bonds is 3. The number of thiophene rings is 1. The Morgan fingerprint density at radius 1 is 1.25 bits per heavy atom. The lowest BCUT2D eigenvalue weighted by atomic mass is 10.00. The van der Waals surface area contributed by atoms with E-state index in [1.807, 2.05) is 5.38 Å². The average molecular weight is 339 g/mol. The average Bonchev–Trinajstić information content (AvgIpc) is 3.18. The molecular weight excluding hydrogens is 322 g/mol. The van der Waals surface area contributed by atoms with Gasteiger partial charge in [-0.1, -0.05) is 0 Å². The maximum atomic E-state index is 12.2. The predicted octanol–water partition coefficient (Wildman–Crippen LogP) is 1.87. The Bertz CT molecular complexity index is 973. The van der Waals surface area contributed by atoms with Crippen molar-refractivity contribution in [2.45, 2.75) is 25.8 Å². The molecule has 0 radical (unpaired) electrons. The van der Waals surface area contributed by atoms with Gasteiger partial charge in [0.2, 0.25) is 0 Å². The highest BCUT2D eigenvalue weighted by Crippen LogP contribution is 2.31. The Morgan fingerprint density at radius 3 is 3.08 bits per heavy atom. The minimum absolute atomic E-state index is 0.0383. The molecule has 6 nitrogen and oxygen atoms in total. The maximum absolute atomic E-state index is 12.2. The van der Waals surface area contributed by atoms with Gasteiger partial charge in [-0.25, -0.2) is 14.6 Å². The molecule has 0 N–H and O–H groups in total. The molecule has 3 aromatic heterocycles. The van der Waals surface area contributed by atoms with E-state index in [4.69, 9.17) is 0 Å². The summed E-state index contributed by atoms with van der Waals surface area (Å²) in [6, 6.07) is 3.86. The molecule has 1 aliphatic heterocycles. The van der Waals surface area contributed by atoms with Crippen LogP contribution >= 0.6 is 11.3 Å². The van der Waals surface area contributed by atoms with Gasteiger partial charge in [-0.3, -0.25) is 4.79 Å². The summed E-state index contributed by atoms with van der Waals surface area (Å²) in [5, 5.41) is 7.74. The summed E-state index contributed by atoms with van der Waals surface area (Å²) in [5.41, 5.74) is 2.30. The summed E-state index contributed by atoms with van der Waals surface area (Å²) >= 11 is 1.64. The van der Waals surface area contributed by atoms with Crippen molar-refractivity contribution in [1.29, 1.82) is 0 Å². The van der Waals surface area contributed by atoms with Gasteiger partial charge >= 0.3 is 0 Å². The lowest BCUT2D eigenvalue weighted by molar-refractivity contribution is 0.332. The van der Waals surface area contributed by atoms with Crippen LogP contribution in [0, 0.1) is 5.92 Å². The van der Waals surface area contributed by atoms with Gasteiger partial charge < -0.3 is 4.90 Å². The first-order chi connectivity index (χ1) is 11.8. The van der Waals surface area contributed by atoms with Gasteiger partial charge in [0.25, 0.3) is 5.56 Å². The van der Waals surface area contributed by atoms with Crippen LogP contribution < -0.4 is 10.5 Å². The number of anilines is 1. The Balaban J connectivity index is 1.32. The fourth-order valence-corrected chi connectivity index (χ4v) is 4.43. The molecule has 1 fully saturated rings. The molecule has 1 aliphatic carbocycles. The van der Waals surface area contributed by atoms with E-state index in [2.05, 4.69) is 26.0 Å². The molecular formula is C17H17N5OS. The largest absolute Gasteiger partial charge is 0.355 e. The molecule has 1 saturated heterocycles. The van der Waals surface area contributed by atoms with Crippen LogP contribution in [-0.2, 0) is 19.4 Å². The van der Waals surface area contributed by atoms with Crippen LogP contribution in [-0.4, -0.2) is 32.8 Å². The number of hydrogen-bond acceptors (Lipinski definition) is 6. The highest BCUT2D eigenvalue weighted by molar-refractivity contribution is 7.16. The van der Waals surface area contributed by atoms with E-state index in [9.17, 15) is 4.79 Å². The molecule has 0 aromatic carbocycles. The molecule has 7 heteroatoms. The van der Waals surface area contributed by atoms with Crippen LogP contribution in [0.25, 0.3) is 10.2 Å². The number of hydrogen-bond donors (Lipinski definition) is 0. The van der Waals surface area contributed by atoms with Gasteiger partial charge in [-0.2, -0.15) is 5.10 Å². The highest BCUT2D eigenvalue weighted by Gasteiger charge is 2.30. The number of aryl methyl sites for hydroxylation is 2. The zero-order valence-corrected chi connectivity index (χ0v) is 14.0. The first-order valence-corrected chi connectivity index (χ1v) is 9.19. The van der Waals surface area contributed by atoms with E-state index >= 15 is 0 Å². The van der Waals surface area contributed by atoms with Crippen molar-refractivity contribution in [3.8, 4) is 0 Å². The Labute approximate surface area is 142 Å². The normalized spacial score (nSPS) is 17.2. The smallest absolute Gasteiger partial charge is 0.267 e. The van der Waals surface area contributed by atoms with Crippen molar-refractivity contribution in [2.75, 3.05) is 18.0 Å². The molecule has 0 unspecified atom stereocenters. The first kappa shape index (κ1) is 14.1. The number of aromatic nitrogens is 4. The summed E-state index contributed by atoms with van der Waals surface area (Å²) in [6.45, 7) is 2.51. The van der Waals surface area contributed by atoms with Crippen LogP contribution in [0.4, 0.5) is 5.82 Å². The monoisotopic (exact) mass is 339 g/mol. The van der Waals surface area contributed by atoms with E-state index in [0.717, 1.165) is 59.6 Å². The fourth-order valence-electron chi connectivity index (χ4n) is 3.70. The second-order valence-corrected chi connectivity index (χ2v) is 7.49. The third-order valence-corrected chi connectivity index (χ3v) is 5.77. The quantitative estimate of drug-likeness (QED) is 0.729. The van der Waals surface area contributed by atoms with E-state index < -0.39 is 0 Å². The molecule has 5 rings (SSSR count). The third kappa shape index (κ3) is 2.23. The molecule has 0 atom stereocenters. The first-order valence-electron chi connectivity index (χ1n) is 8.31. The van der Waals surface area contributed by atoms with Gasteiger partial charge in [-0.15, -0.1) is 11.3 Å². The van der Waals surface area contributed by atoms with Crippen LogP contribution in [0.15, 0.2) is 28.6 Å². The highest BCUT2D eigenvalue weighted by atomic mass is 32.1. The SMILES string of the molecule is O=c1cc2c(nn1CC1CN(c3ncnc4sccc34)C1)CCC2. The zero-order valence-electron chi connectivity index (χ0n) is 13.2. The Morgan fingerprint density at radius 2 is 2.17 bits per heavy atom. The zero-order chi connectivity index (χ0) is 16.1. The van der Waals surface area contributed by atoms with Crippen molar-refractivity contribution in [3.05, 3.63) is 45.5 Å². The molecule has 0 bridgehead atoms. The molecule has 0 spiro atoms. The summed E-state index contributed by atoms with van der Waals surface area (Å²) in [7, 11) is 0. The van der Waals surface area contributed by atoms with E-state index in [1.165, 1.54) is 0 Å². The van der Waals surface area contributed by atoms with Crippen LogP contribution in [0.2, 0.25) is 0 Å². The molecule has 0 saturated carbocycles. The van der Waals surface area contributed by atoms with Gasteiger partial charge in [0, 0.05) is 25.1 Å². The second-order valence-electron chi connectivity index (χ2n) is 6.60. The van der Waals surface area contributed by atoms with Gasteiger partial charge in [0.15, 0.2) is 0 Å². The standard InChI is InChI=1S/C17H17N5OS/c23-15-6-12-2-1-3-14(12)20-22(15)9-11-7-21(8-11)16-13-4-5-24-17(13)19-10-18-16/h4-6,10-11H,1-3,7-9H2. The van der Waals surface area contributed by atoms with Gasteiger partial charge in [0.05, 0.1) is 17.6 Å². The number of nitrogens with zero attached hydrogens (tertiary/aromatic N) is 5. The fraction of sp³-hybridized carbons (Fsp3) is 0.412. The maximum Gasteiger partial charge on any atom is 0.267 e. The van der Waals surface area contributed by atoms with Crippen LogP contribution in [0.3, 0.4) is 0 Å². The van der Waals surface area contributed by atoms with E-state index in [1.54, 1.807) is 28.4 Å². The van der Waals surface area contributed by atoms with Crippen LogP contribution in [0.5, 0.6) is 0 Å². The van der Waals surface area contributed by atoms with Gasteiger partial charge in [-0.05, 0) is 36.3 Å². The predicted molar refractivity (Wildman–Crippen MR) is 93.6 cm³/mol. The lowest BCUT2D eigenvalue weighted by Crippen LogP contribution is -2.50. The Kier molecular flexibility index (Phi) is 3.16. The molecule has 3 aromatic rings. The minimum atomic E-state index is 0.0383. The molecule has 2 aliphatic rings. The molecule has 0 amide bonds. The van der Waals surface area contributed by atoms with Crippen molar-refractivity contribution >= 4 is 27.4 Å². The summed E-state index contributed by atoms with van der Waals surface area (Å²) < 4.78 is 1.66. The van der Waals surface area contributed by atoms with E-state index in [0.29, 0.717) is 12.5 Å². The van der Waals surface area contributed by atoms with Crippen molar-refractivity contribution in [2.24, 2.45) is 5.92 Å². The third-order valence-electron chi connectivity index (χ3n) is 4.95. The molecule has 24 heavy (non-hydrogen) atoms. The minimum Gasteiger partial charge on any atom is -0.355 e. The summed E-state index contributed by atoms with van der Waals surface area (Å²) in [4.78, 5) is 24.2. The Hall–Kier alpha value is -2.28. The van der Waals surface area contributed by atoms with Crippen molar-refractivity contribution in [3.63, 3.8) is 0 Å². The van der Waals surface area contributed by atoms with Crippen molar-refractivity contribution in [1.82, 2.24) is 19.7 Å². The lowest BCUT2D eigenvalue weighted by Gasteiger charge is -2.40. The summed E-state index contributed by atoms with van der Waals surface area (Å²) in [5.74, 6) is 1.45. The van der Waals surface area contributed by atoms with Crippen LogP contribution in [0.1, 0.15) is 17.7 Å². The summed E-state index contributed by atoms with van der Waals surface area (Å²) in [6.07, 6.45) is 4.75.